The number of carbonyl (C=O) groups excluding carboxylic acids is 3. The van der Waals surface area contributed by atoms with E-state index in [1.165, 1.54) is 11.8 Å². The maximum Gasteiger partial charge on any atom is 0.249 e. The molecule has 1 unspecified atom stereocenters. The van der Waals surface area contributed by atoms with Crippen LogP contribution in [0.4, 0.5) is 5.69 Å². The zero-order chi connectivity index (χ0) is 27.4. The lowest BCUT2D eigenvalue weighted by molar-refractivity contribution is -0.127. The molecule has 0 spiro atoms. The third-order valence-corrected chi connectivity index (χ3v) is 7.42. The van der Waals surface area contributed by atoms with Gasteiger partial charge in [0.15, 0.2) is 5.78 Å². The molecule has 0 bridgehead atoms. The number of hydrogen-bond donors (Lipinski definition) is 1. The number of carbonyl (C=O) groups is 3. The van der Waals surface area contributed by atoms with Gasteiger partial charge in [-0.05, 0) is 61.6 Å². The standard InChI is InChI=1S/C31H33N5O3/c1-3-22-15-17-23(18-16-22)30(31(39)32-25-10-4-5-11-25)36(26-12-8-9-24(19-26)21(2)37)29(38)20-35-28-14-7-6-13-27(28)33-34-35/h6-9,12-19,25,30H,3-5,10-11,20H2,1-2H3,(H,32,39). The van der Waals surface area contributed by atoms with Crippen LogP contribution >= 0.6 is 0 Å². The predicted molar refractivity (Wildman–Crippen MR) is 150 cm³/mol. The van der Waals surface area contributed by atoms with Crippen LogP contribution in [0.25, 0.3) is 11.0 Å². The van der Waals surface area contributed by atoms with Crippen molar-refractivity contribution < 1.29 is 14.4 Å². The number of hydrogen-bond acceptors (Lipinski definition) is 5. The molecule has 1 aliphatic carbocycles. The van der Waals surface area contributed by atoms with Crippen LogP contribution in [0.15, 0.2) is 72.8 Å². The number of nitrogens with zero attached hydrogens (tertiary/aromatic N) is 4. The maximum absolute atomic E-state index is 14.2. The summed E-state index contributed by atoms with van der Waals surface area (Å²) in [5.74, 6) is -0.695. The molecule has 200 valence electrons. The molecule has 1 aliphatic rings. The average molecular weight is 524 g/mol. The maximum atomic E-state index is 14.2. The van der Waals surface area contributed by atoms with Gasteiger partial charge in [0.05, 0.1) is 5.52 Å². The zero-order valence-electron chi connectivity index (χ0n) is 22.3. The number of aryl methyl sites for hydroxylation is 1. The first-order valence-electron chi connectivity index (χ1n) is 13.5. The number of aromatic nitrogens is 3. The number of nitrogens with one attached hydrogen (secondary N) is 1. The summed E-state index contributed by atoms with van der Waals surface area (Å²) in [5.41, 5.74) is 4.19. The van der Waals surface area contributed by atoms with Gasteiger partial charge in [0, 0.05) is 17.3 Å². The monoisotopic (exact) mass is 523 g/mol. The SMILES string of the molecule is CCc1ccc(C(C(=O)NC2CCCC2)N(C(=O)Cn2nnc3ccccc32)c2cccc(C(C)=O)c2)cc1. The Hall–Kier alpha value is -4.33. The molecule has 0 saturated heterocycles. The zero-order valence-corrected chi connectivity index (χ0v) is 22.3. The molecule has 8 nitrogen and oxygen atoms in total. The lowest BCUT2D eigenvalue weighted by Crippen LogP contribution is -2.47. The molecule has 1 N–H and O–H groups in total. The third kappa shape index (κ3) is 5.74. The van der Waals surface area contributed by atoms with Crippen LogP contribution in [0.5, 0.6) is 0 Å². The number of fused-ring (bicyclic) bond motifs is 1. The van der Waals surface area contributed by atoms with Crippen molar-refractivity contribution in [3.8, 4) is 0 Å². The Balaban J connectivity index is 1.60. The molecule has 39 heavy (non-hydrogen) atoms. The van der Waals surface area contributed by atoms with Crippen molar-refractivity contribution in [2.24, 2.45) is 0 Å². The van der Waals surface area contributed by atoms with E-state index >= 15 is 0 Å². The van der Waals surface area contributed by atoms with E-state index in [0.29, 0.717) is 22.3 Å². The number of amides is 2. The van der Waals surface area contributed by atoms with E-state index in [1.54, 1.807) is 28.9 Å². The van der Waals surface area contributed by atoms with E-state index in [-0.39, 0.29) is 30.2 Å². The van der Waals surface area contributed by atoms with Gasteiger partial charge in [-0.15, -0.1) is 5.10 Å². The molecule has 0 radical (unpaired) electrons. The largest absolute Gasteiger partial charge is 0.351 e. The highest BCUT2D eigenvalue weighted by Gasteiger charge is 2.35. The summed E-state index contributed by atoms with van der Waals surface area (Å²) in [6.07, 6.45) is 4.85. The lowest BCUT2D eigenvalue weighted by atomic mass is 9.99. The minimum absolute atomic E-state index is 0.0784. The second-order valence-corrected chi connectivity index (χ2v) is 10.1. The summed E-state index contributed by atoms with van der Waals surface area (Å²) in [5, 5.41) is 11.6. The number of benzene rings is 3. The molecule has 3 aromatic carbocycles. The number of anilines is 1. The Labute approximate surface area is 228 Å². The highest BCUT2D eigenvalue weighted by Crippen LogP contribution is 2.31. The number of para-hydroxylation sites is 1. The van der Waals surface area contributed by atoms with Crippen LogP contribution in [-0.2, 0) is 22.6 Å². The fraction of sp³-hybridized carbons (Fsp3) is 0.323. The summed E-state index contributed by atoms with van der Waals surface area (Å²) in [6, 6.07) is 21.3. The molecule has 1 heterocycles. The molecule has 1 saturated carbocycles. The lowest BCUT2D eigenvalue weighted by Gasteiger charge is -2.32. The van der Waals surface area contributed by atoms with Crippen molar-refractivity contribution in [1.29, 1.82) is 0 Å². The second kappa shape index (κ2) is 11.6. The van der Waals surface area contributed by atoms with E-state index in [0.717, 1.165) is 43.2 Å². The van der Waals surface area contributed by atoms with E-state index in [4.69, 9.17) is 0 Å². The Bertz CT molecular complexity index is 1490. The van der Waals surface area contributed by atoms with Crippen LogP contribution in [0.1, 0.15) is 67.1 Å². The van der Waals surface area contributed by atoms with Crippen molar-refractivity contribution in [3.05, 3.63) is 89.5 Å². The van der Waals surface area contributed by atoms with Gasteiger partial charge in [-0.2, -0.15) is 0 Å². The first-order valence-corrected chi connectivity index (χ1v) is 13.5. The van der Waals surface area contributed by atoms with Gasteiger partial charge in [0.25, 0.3) is 0 Å². The van der Waals surface area contributed by atoms with Gasteiger partial charge in [-0.1, -0.05) is 73.5 Å². The topological polar surface area (TPSA) is 97.2 Å². The molecule has 1 fully saturated rings. The van der Waals surface area contributed by atoms with Gasteiger partial charge in [0.1, 0.15) is 18.1 Å². The van der Waals surface area contributed by atoms with E-state index in [2.05, 4.69) is 22.6 Å². The van der Waals surface area contributed by atoms with E-state index in [1.807, 2.05) is 48.5 Å². The molecular formula is C31H33N5O3. The molecule has 1 aromatic heterocycles. The van der Waals surface area contributed by atoms with Gasteiger partial charge >= 0.3 is 0 Å². The van der Waals surface area contributed by atoms with Gasteiger partial charge < -0.3 is 5.32 Å². The molecule has 0 aliphatic heterocycles. The van der Waals surface area contributed by atoms with Crippen molar-refractivity contribution >= 4 is 34.3 Å². The summed E-state index contributed by atoms with van der Waals surface area (Å²) in [7, 11) is 0. The minimum Gasteiger partial charge on any atom is -0.351 e. The van der Waals surface area contributed by atoms with E-state index < -0.39 is 6.04 Å². The van der Waals surface area contributed by atoms with Crippen molar-refractivity contribution in [2.45, 2.75) is 64.6 Å². The normalized spacial score (nSPS) is 14.3. The Morgan fingerprint density at radius 3 is 2.46 bits per heavy atom. The van der Waals surface area contributed by atoms with Crippen LogP contribution in [0.3, 0.4) is 0 Å². The van der Waals surface area contributed by atoms with Crippen molar-refractivity contribution in [2.75, 3.05) is 4.90 Å². The molecule has 4 aromatic rings. The molecule has 1 atom stereocenters. The van der Waals surface area contributed by atoms with Crippen LogP contribution in [-0.4, -0.2) is 38.6 Å². The number of rotatable bonds is 9. The fourth-order valence-corrected chi connectivity index (χ4v) is 5.25. The Morgan fingerprint density at radius 2 is 1.74 bits per heavy atom. The number of Topliss-reactive ketones (excluding diaryl/α,β-unsaturated/α-hetero) is 1. The average Bonchev–Trinajstić information content (AvgIpc) is 3.62. The molecule has 8 heteroatoms. The smallest absolute Gasteiger partial charge is 0.249 e. The highest BCUT2D eigenvalue weighted by atomic mass is 16.2. The molecule has 5 rings (SSSR count). The van der Waals surface area contributed by atoms with Crippen molar-refractivity contribution in [3.63, 3.8) is 0 Å². The van der Waals surface area contributed by atoms with Crippen molar-refractivity contribution in [1.82, 2.24) is 20.3 Å². The van der Waals surface area contributed by atoms with Gasteiger partial charge in [0.2, 0.25) is 11.8 Å². The van der Waals surface area contributed by atoms with Crippen LogP contribution in [0, 0.1) is 0 Å². The first kappa shape index (κ1) is 26.3. The first-order chi connectivity index (χ1) is 18.9. The Morgan fingerprint density at radius 1 is 1.00 bits per heavy atom. The van der Waals surface area contributed by atoms with Gasteiger partial charge in [-0.3, -0.25) is 19.3 Å². The third-order valence-electron chi connectivity index (χ3n) is 7.42. The van der Waals surface area contributed by atoms with Crippen LogP contribution < -0.4 is 10.2 Å². The summed E-state index contributed by atoms with van der Waals surface area (Å²) >= 11 is 0. The highest BCUT2D eigenvalue weighted by molar-refractivity contribution is 6.03. The quantitative estimate of drug-likeness (QED) is 0.311. The summed E-state index contributed by atoms with van der Waals surface area (Å²) in [4.78, 5) is 42.0. The summed E-state index contributed by atoms with van der Waals surface area (Å²) in [6.45, 7) is 3.44. The van der Waals surface area contributed by atoms with E-state index in [9.17, 15) is 14.4 Å². The van der Waals surface area contributed by atoms with Gasteiger partial charge in [-0.25, -0.2) is 4.68 Å². The van der Waals surface area contributed by atoms with Crippen LogP contribution in [0.2, 0.25) is 0 Å². The molecular weight excluding hydrogens is 490 g/mol. The molecule has 2 amide bonds. The summed E-state index contributed by atoms with van der Waals surface area (Å²) < 4.78 is 1.55. The fourth-order valence-electron chi connectivity index (χ4n) is 5.25. The predicted octanol–water partition coefficient (Wildman–Crippen LogP) is 5.03. The minimum atomic E-state index is -0.930. The number of ketones is 1. The second-order valence-electron chi connectivity index (χ2n) is 10.1. The Kier molecular flexibility index (Phi) is 7.81.